The van der Waals surface area contributed by atoms with Crippen molar-refractivity contribution >= 4 is 17.8 Å². The maximum absolute atomic E-state index is 11.9. The van der Waals surface area contributed by atoms with E-state index >= 15 is 0 Å². The quantitative estimate of drug-likeness (QED) is 0.473. The van der Waals surface area contributed by atoms with Crippen LogP contribution >= 0.6 is 0 Å². The third-order valence-corrected chi connectivity index (χ3v) is 5.65. The van der Waals surface area contributed by atoms with Crippen molar-refractivity contribution in [3.8, 4) is 0 Å². The van der Waals surface area contributed by atoms with Gasteiger partial charge in [0.2, 0.25) is 5.91 Å². The van der Waals surface area contributed by atoms with Crippen LogP contribution in [0.2, 0.25) is 0 Å². The molecule has 2 unspecified atom stereocenters. The van der Waals surface area contributed by atoms with Gasteiger partial charge in [-0.15, -0.1) is 0 Å². The number of hydrogen-bond donors (Lipinski definition) is 1. The van der Waals surface area contributed by atoms with Crippen molar-refractivity contribution in [2.45, 2.75) is 32.9 Å². The van der Waals surface area contributed by atoms with E-state index in [2.05, 4.69) is 46.4 Å². The van der Waals surface area contributed by atoms with E-state index in [0.717, 1.165) is 36.6 Å². The zero-order chi connectivity index (χ0) is 20.1. The van der Waals surface area contributed by atoms with Crippen molar-refractivity contribution in [3.63, 3.8) is 0 Å². The van der Waals surface area contributed by atoms with Gasteiger partial charge < -0.3 is 19.9 Å². The van der Waals surface area contributed by atoms with Gasteiger partial charge in [-0.05, 0) is 23.5 Å². The number of aliphatic imine (C=N–C) groups is 1. The molecular weight excluding hydrogens is 356 g/mol. The number of amides is 1. The molecule has 152 valence electrons. The molecule has 0 bridgehead atoms. The SMILES string of the molecule is CN=C(NCc1ccc(CN2CCCC2=O)cc1)N1CC(C)C(C(=O)OC)C1. The first-order valence-corrected chi connectivity index (χ1v) is 9.91. The Bertz CT molecular complexity index is 732. The van der Waals surface area contributed by atoms with E-state index in [-0.39, 0.29) is 23.7 Å². The van der Waals surface area contributed by atoms with Gasteiger partial charge in [-0.2, -0.15) is 0 Å². The van der Waals surface area contributed by atoms with E-state index in [1.54, 1.807) is 7.05 Å². The summed E-state index contributed by atoms with van der Waals surface area (Å²) in [5, 5.41) is 3.38. The highest BCUT2D eigenvalue weighted by Gasteiger charge is 2.36. The first-order chi connectivity index (χ1) is 13.5. The van der Waals surface area contributed by atoms with Crippen molar-refractivity contribution in [2.75, 3.05) is 33.8 Å². The minimum Gasteiger partial charge on any atom is -0.469 e. The van der Waals surface area contributed by atoms with Crippen LogP contribution in [0.4, 0.5) is 0 Å². The number of methoxy groups -OCH3 is 1. The Hall–Kier alpha value is -2.57. The first kappa shape index (κ1) is 20.2. The first-order valence-electron chi connectivity index (χ1n) is 9.91. The summed E-state index contributed by atoms with van der Waals surface area (Å²) in [6.07, 6.45) is 1.64. The van der Waals surface area contributed by atoms with E-state index in [4.69, 9.17) is 4.74 Å². The lowest BCUT2D eigenvalue weighted by molar-refractivity contribution is -0.146. The van der Waals surface area contributed by atoms with Gasteiger partial charge in [-0.1, -0.05) is 31.2 Å². The summed E-state index contributed by atoms with van der Waals surface area (Å²) in [5.74, 6) is 1.01. The normalized spacial score (nSPS) is 22.7. The molecule has 2 atom stereocenters. The zero-order valence-electron chi connectivity index (χ0n) is 17.0. The molecule has 0 saturated carbocycles. The molecule has 2 heterocycles. The summed E-state index contributed by atoms with van der Waals surface area (Å²) in [4.78, 5) is 32.1. The summed E-state index contributed by atoms with van der Waals surface area (Å²) >= 11 is 0. The highest BCUT2D eigenvalue weighted by molar-refractivity contribution is 5.82. The largest absolute Gasteiger partial charge is 0.469 e. The fourth-order valence-corrected chi connectivity index (χ4v) is 3.97. The maximum atomic E-state index is 11.9. The number of benzene rings is 1. The van der Waals surface area contributed by atoms with Crippen LogP contribution in [0.3, 0.4) is 0 Å². The van der Waals surface area contributed by atoms with Crippen molar-refractivity contribution in [1.82, 2.24) is 15.1 Å². The van der Waals surface area contributed by atoms with Crippen LogP contribution in [0, 0.1) is 11.8 Å². The van der Waals surface area contributed by atoms with Crippen LogP contribution < -0.4 is 5.32 Å². The fourth-order valence-electron chi connectivity index (χ4n) is 3.97. The Balaban J connectivity index is 1.52. The number of ether oxygens (including phenoxy) is 1. The van der Waals surface area contributed by atoms with Gasteiger partial charge in [0.25, 0.3) is 0 Å². The summed E-state index contributed by atoms with van der Waals surface area (Å²) in [7, 11) is 3.20. The van der Waals surface area contributed by atoms with Gasteiger partial charge in [0, 0.05) is 46.2 Å². The van der Waals surface area contributed by atoms with Crippen LogP contribution in [-0.4, -0.2) is 61.4 Å². The van der Waals surface area contributed by atoms with Crippen LogP contribution in [0.15, 0.2) is 29.3 Å². The van der Waals surface area contributed by atoms with Gasteiger partial charge in [0.1, 0.15) is 0 Å². The second kappa shape index (κ2) is 9.08. The van der Waals surface area contributed by atoms with E-state index < -0.39 is 0 Å². The van der Waals surface area contributed by atoms with Crippen molar-refractivity contribution in [2.24, 2.45) is 16.8 Å². The highest BCUT2D eigenvalue weighted by Crippen LogP contribution is 2.24. The van der Waals surface area contributed by atoms with Crippen molar-refractivity contribution in [1.29, 1.82) is 0 Å². The molecule has 0 spiro atoms. The topological polar surface area (TPSA) is 74.2 Å². The van der Waals surface area contributed by atoms with Crippen LogP contribution in [0.1, 0.15) is 30.9 Å². The van der Waals surface area contributed by atoms with E-state index in [0.29, 0.717) is 26.1 Å². The molecule has 3 rings (SSSR count). The summed E-state index contributed by atoms with van der Waals surface area (Å²) in [5.41, 5.74) is 2.30. The molecule has 0 aliphatic carbocycles. The Morgan fingerprint density at radius 3 is 2.57 bits per heavy atom. The lowest BCUT2D eigenvalue weighted by Gasteiger charge is -2.21. The standard InChI is InChI=1S/C21H30N4O3/c1-15-12-25(14-18(15)20(27)28-3)21(22-2)23-11-16-6-8-17(9-7-16)13-24-10-4-5-19(24)26/h6-9,15,18H,4-5,10-14H2,1-3H3,(H,22,23). The van der Waals surface area contributed by atoms with Gasteiger partial charge in [-0.3, -0.25) is 14.6 Å². The summed E-state index contributed by atoms with van der Waals surface area (Å²) in [6, 6.07) is 8.33. The number of hydrogen-bond acceptors (Lipinski definition) is 4. The third-order valence-electron chi connectivity index (χ3n) is 5.65. The molecule has 1 amide bonds. The summed E-state index contributed by atoms with van der Waals surface area (Å²) in [6.45, 7) is 5.68. The molecule has 2 aliphatic rings. The average Bonchev–Trinajstić information content (AvgIpc) is 3.28. The minimum absolute atomic E-state index is 0.115. The molecular formula is C21H30N4O3. The minimum atomic E-state index is -0.155. The van der Waals surface area contributed by atoms with Gasteiger partial charge >= 0.3 is 5.97 Å². The molecule has 1 aromatic rings. The Labute approximate surface area is 166 Å². The van der Waals surface area contributed by atoms with Crippen LogP contribution in [0.25, 0.3) is 0 Å². The monoisotopic (exact) mass is 386 g/mol. The molecule has 7 nitrogen and oxygen atoms in total. The number of nitrogens with one attached hydrogen (secondary N) is 1. The number of carbonyl (C=O) groups excluding carboxylic acids is 2. The van der Waals surface area contributed by atoms with Crippen molar-refractivity contribution < 1.29 is 14.3 Å². The number of guanidine groups is 1. The Morgan fingerprint density at radius 1 is 1.25 bits per heavy atom. The molecule has 7 heteroatoms. The Kier molecular flexibility index (Phi) is 6.54. The lowest BCUT2D eigenvalue weighted by Crippen LogP contribution is -2.40. The number of esters is 1. The predicted molar refractivity (Wildman–Crippen MR) is 108 cm³/mol. The Morgan fingerprint density at radius 2 is 1.96 bits per heavy atom. The molecule has 2 aliphatic heterocycles. The second-order valence-electron chi connectivity index (χ2n) is 7.65. The number of nitrogens with zero attached hydrogens (tertiary/aromatic N) is 3. The van der Waals surface area contributed by atoms with E-state index in [9.17, 15) is 9.59 Å². The van der Waals surface area contributed by atoms with Gasteiger partial charge in [-0.25, -0.2) is 0 Å². The molecule has 28 heavy (non-hydrogen) atoms. The predicted octanol–water partition coefficient (Wildman–Crippen LogP) is 1.63. The smallest absolute Gasteiger partial charge is 0.310 e. The molecule has 0 aromatic heterocycles. The van der Waals surface area contributed by atoms with Gasteiger partial charge in [0.05, 0.1) is 13.0 Å². The maximum Gasteiger partial charge on any atom is 0.310 e. The average molecular weight is 386 g/mol. The number of likely N-dealkylation sites (tertiary alicyclic amines) is 2. The van der Waals surface area contributed by atoms with Gasteiger partial charge in [0.15, 0.2) is 5.96 Å². The van der Waals surface area contributed by atoms with E-state index in [1.165, 1.54) is 7.11 Å². The third kappa shape index (κ3) is 4.64. The molecule has 2 fully saturated rings. The van der Waals surface area contributed by atoms with Crippen LogP contribution in [-0.2, 0) is 27.4 Å². The molecule has 1 N–H and O–H groups in total. The molecule has 0 radical (unpaired) electrons. The highest BCUT2D eigenvalue weighted by atomic mass is 16.5. The fraction of sp³-hybridized carbons (Fsp3) is 0.571. The summed E-state index contributed by atoms with van der Waals surface area (Å²) < 4.78 is 4.91. The molecule has 1 aromatic carbocycles. The zero-order valence-corrected chi connectivity index (χ0v) is 17.0. The van der Waals surface area contributed by atoms with Crippen molar-refractivity contribution in [3.05, 3.63) is 35.4 Å². The number of rotatable bonds is 5. The molecule has 2 saturated heterocycles. The number of carbonyl (C=O) groups is 2. The van der Waals surface area contributed by atoms with E-state index in [1.807, 2.05) is 4.90 Å². The van der Waals surface area contributed by atoms with Crippen LogP contribution in [0.5, 0.6) is 0 Å². The lowest BCUT2D eigenvalue weighted by atomic mass is 9.99. The second-order valence-corrected chi connectivity index (χ2v) is 7.65.